The number of carbonyl (C=O) groups is 1. The second-order valence-electron chi connectivity index (χ2n) is 4.30. The van der Waals surface area contributed by atoms with Crippen molar-refractivity contribution in [3.63, 3.8) is 0 Å². The Bertz CT molecular complexity index is 425. The van der Waals surface area contributed by atoms with Crippen LogP contribution in [0.1, 0.15) is 31.2 Å². The van der Waals surface area contributed by atoms with Crippen molar-refractivity contribution in [3.05, 3.63) is 35.9 Å². The zero-order valence-electron chi connectivity index (χ0n) is 10.2. The van der Waals surface area contributed by atoms with Gasteiger partial charge in [-0.3, -0.25) is 4.79 Å². The van der Waals surface area contributed by atoms with Crippen molar-refractivity contribution >= 4 is 11.5 Å². The third kappa shape index (κ3) is 2.54. The summed E-state index contributed by atoms with van der Waals surface area (Å²) in [5.41, 5.74) is 1.80. The molecule has 0 radical (unpaired) electrons. The van der Waals surface area contributed by atoms with Gasteiger partial charge in [0.25, 0.3) is 0 Å². The molecule has 1 aliphatic rings. The molecule has 0 bridgehead atoms. The SMILES string of the molecule is CCC(=NOC)C(=O)[C@@H]1C[C@H]1c1ccccc1. The average Bonchev–Trinajstić information content (AvgIpc) is 3.16. The number of hydrogen-bond acceptors (Lipinski definition) is 3. The average molecular weight is 231 g/mol. The Kier molecular flexibility index (Phi) is 3.57. The summed E-state index contributed by atoms with van der Waals surface area (Å²) in [6, 6.07) is 10.2. The van der Waals surface area contributed by atoms with Gasteiger partial charge >= 0.3 is 0 Å². The second-order valence-corrected chi connectivity index (χ2v) is 4.30. The summed E-state index contributed by atoms with van der Waals surface area (Å²) in [5, 5.41) is 3.80. The first-order valence-corrected chi connectivity index (χ1v) is 5.97. The fourth-order valence-corrected chi connectivity index (χ4v) is 2.16. The first-order valence-electron chi connectivity index (χ1n) is 5.97. The van der Waals surface area contributed by atoms with E-state index in [4.69, 9.17) is 4.84 Å². The van der Waals surface area contributed by atoms with Gasteiger partial charge in [0.15, 0.2) is 5.78 Å². The maximum absolute atomic E-state index is 12.1. The fourth-order valence-electron chi connectivity index (χ4n) is 2.16. The summed E-state index contributed by atoms with van der Waals surface area (Å²) in [6.07, 6.45) is 1.57. The summed E-state index contributed by atoms with van der Waals surface area (Å²) in [5.74, 6) is 0.617. The van der Waals surface area contributed by atoms with E-state index in [1.165, 1.54) is 12.7 Å². The van der Waals surface area contributed by atoms with E-state index >= 15 is 0 Å². The van der Waals surface area contributed by atoms with Crippen molar-refractivity contribution in [2.24, 2.45) is 11.1 Å². The highest BCUT2D eigenvalue weighted by molar-refractivity contribution is 6.41. The van der Waals surface area contributed by atoms with Crippen molar-refractivity contribution in [1.82, 2.24) is 0 Å². The number of nitrogens with zero attached hydrogens (tertiary/aromatic N) is 1. The lowest BCUT2D eigenvalue weighted by Crippen LogP contribution is -2.16. The minimum Gasteiger partial charge on any atom is -0.399 e. The molecule has 0 N–H and O–H groups in total. The Morgan fingerprint density at radius 2 is 2.12 bits per heavy atom. The minimum absolute atomic E-state index is 0.103. The van der Waals surface area contributed by atoms with Crippen molar-refractivity contribution in [2.45, 2.75) is 25.7 Å². The third-order valence-electron chi connectivity index (χ3n) is 3.18. The molecule has 3 nitrogen and oxygen atoms in total. The van der Waals surface area contributed by atoms with Crippen LogP contribution in [0.3, 0.4) is 0 Å². The smallest absolute Gasteiger partial charge is 0.184 e. The Labute approximate surface area is 101 Å². The molecule has 0 amide bonds. The van der Waals surface area contributed by atoms with Gasteiger partial charge in [-0.2, -0.15) is 0 Å². The Morgan fingerprint density at radius 3 is 2.71 bits per heavy atom. The van der Waals surface area contributed by atoms with Crippen molar-refractivity contribution < 1.29 is 9.63 Å². The lowest BCUT2D eigenvalue weighted by molar-refractivity contribution is -0.114. The number of hydrogen-bond donors (Lipinski definition) is 0. The lowest BCUT2D eigenvalue weighted by atomic mass is 10.0. The second kappa shape index (κ2) is 5.13. The highest BCUT2D eigenvalue weighted by Crippen LogP contribution is 2.48. The number of Topliss-reactive ketones (excluding diaryl/α,β-unsaturated/α-hetero) is 1. The molecule has 0 heterocycles. The predicted molar refractivity (Wildman–Crippen MR) is 67.0 cm³/mol. The van der Waals surface area contributed by atoms with Crippen LogP contribution in [0.25, 0.3) is 0 Å². The van der Waals surface area contributed by atoms with E-state index in [1.54, 1.807) is 0 Å². The monoisotopic (exact) mass is 231 g/mol. The van der Waals surface area contributed by atoms with Crippen LogP contribution in [-0.4, -0.2) is 18.6 Å². The maximum Gasteiger partial charge on any atom is 0.184 e. The summed E-state index contributed by atoms with van der Waals surface area (Å²) in [7, 11) is 1.48. The lowest BCUT2D eigenvalue weighted by Gasteiger charge is -2.02. The maximum atomic E-state index is 12.1. The molecule has 2 rings (SSSR count). The van der Waals surface area contributed by atoms with Gasteiger partial charge in [-0.05, 0) is 24.3 Å². The van der Waals surface area contributed by atoms with Crippen molar-refractivity contribution in [3.8, 4) is 0 Å². The molecular formula is C14H17NO2. The van der Waals surface area contributed by atoms with Gasteiger partial charge in [0, 0.05) is 5.92 Å². The Morgan fingerprint density at radius 1 is 1.41 bits per heavy atom. The van der Waals surface area contributed by atoms with Gasteiger partial charge in [0.1, 0.15) is 12.8 Å². The van der Waals surface area contributed by atoms with Gasteiger partial charge < -0.3 is 4.84 Å². The fraction of sp³-hybridized carbons (Fsp3) is 0.429. The number of oxime groups is 1. The predicted octanol–water partition coefficient (Wildman–Crippen LogP) is 2.77. The largest absolute Gasteiger partial charge is 0.399 e. The van der Waals surface area contributed by atoms with Crippen LogP contribution in [-0.2, 0) is 9.63 Å². The molecule has 1 aromatic rings. The molecule has 1 aliphatic carbocycles. The van der Waals surface area contributed by atoms with Gasteiger partial charge in [-0.1, -0.05) is 42.4 Å². The zero-order valence-corrected chi connectivity index (χ0v) is 10.2. The van der Waals surface area contributed by atoms with Crippen LogP contribution in [0.2, 0.25) is 0 Å². The molecule has 17 heavy (non-hydrogen) atoms. The summed E-state index contributed by atoms with van der Waals surface area (Å²) >= 11 is 0. The Balaban J connectivity index is 2.04. The van der Waals surface area contributed by atoms with Crippen LogP contribution in [0, 0.1) is 5.92 Å². The summed E-state index contributed by atoms with van der Waals surface area (Å²) in [4.78, 5) is 16.8. The van der Waals surface area contributed by atoms with Crippen LogP contribution in [0.4, 0.5) is 0 Å². The van der Waals surface area contributed by atoms with Crippen LogP contribution < -0.4 is 0 Å². The molecule has 1 fully saturated rings. The van der Waals surface area contributed by atoms with E-state index in [0.29, 0.717) is 18.1 Å². The van der Waals surface area contributed by atoms with Crippen molar-refractivity contribution in [1.29, 1.82) is 0 Å². The third-order valence-corrected chi connectivity index (χ3v) is 3.18. The van der Waals surface area contributed by atoms with E-state index in [2.05, 4.69) is 17.3 Å². The van der Waals surface area contributed by atoms with E-state index in [-0.39, 0.29) is 11.7 Å². The number of benzene rings is 1. The topological polar surface area (TPSA) is 38.7 Å². The molecular weight excluding hydrogens is 214 g/mol. The van der Waals surface area contributed by atoms with Gasteiger partial charge in [0.05, 0.1) is 0 Å². The number of ketones is 1. The first kappa shape index (κ1) is 11.8. The molecule has 0 aromatic heterocycles. The molecule has 0 saturated heterocycles. The minimum atomic E-state index is 0.103. The van der Waals surface area contributed by atoms with E-state index in [0.717, 1.165) is 6.42 Å². The summed E-state index contributed by atoms with van der Waals surface area (Å²) < 4.78 is 0. The molecule has 0 aliphatic heterocycles. The standard InChI is InChI=1S/C14H17NO2/c1-3-13(15-17-2)14(16)12-9-11(12)10-7-5-4-6-8-10/h4-8,11-12H,3,9H2,1-2H3/t11-,12+/m0/s1. The highest BCUT2D eigenvalue weighted by Gasteiger charge is 2.44. The van der Waals surface area contributed by atoms with Gasteiger partial charge in [-0.25, -0.2) is 0 Å². The highest BCUT2D eigenvalue weighted by atomic mass is 16.6. The molecule has 90 valence electrons. The van der Waals surface area contributed by atoms with Gasteiger partial charge in [0.2, 0.25) is 0 Å². The van der Waals surface area contributed by atoms with E-state index in [1.807, 2.05) is 25.1 Å². The molecule has 2 atom stereocenters. The molecule has 3 heteroatoms. The molecule has 1 aromatic carbocycles. The van der Waals surface area contributed by atoms with E-state index in [9.17, 15) is 4.79 Å². The van der Waals surface area contributed by atoms with Crippen LogP contribution in [0.5, 0.6) is 0 Å². The van der Waals surface area contributed by atoms with Crippen LogP contribution >= 0.6 is 0 Å². The van der Waals surface area contributed by atoms with Gasteiger partial charge in [-0.15, -0.1) is 0 Å². The summed E-state index contributed by atoms with van der Waals surface area (Å²) in [6.45, 7) is 1.93. The zero-order chi connectivity index (χ0) is 12.3. The van der Waals surface area contributed by atoms with E-state index < -0.39 is 0 Å². The number of carbonyl (C=O) groups excluding carboxylic acids is 1. The van der Waals surface area contributed by atoms with Crippen LogP contribution in [0.15, 0.2) is 35.5 Å². The molecule has 1 saturated carbocycles. The first-order chi connectivity index (χ1) is 8.27. The van der Waals surface area contributed by atoms with Crippen molar-refractivity contribution in [2.75, 3.05) is 7.11 Å². The number of rotatable bonds is 5. The molecule has 0 unspecified atom stereocenters. The molecule has 0 spiro atoms. The normalized spacial score (nSPS) is 23.3. The Hall–Kier alpha value is -1.64. The quantitative estimate of drug-likeness (QED) is 0.577.